The first-order valence-corrected chi connectivity index (χ1v) is 11.9. The predicted molar refractivity (Wildman–Crippen MR) is 123 cm³/mol. The lowest BCUT2D eigenvalue weighted by molar-refractivity contribution is -0.142. The number of aromatic nitrogens is 2. The molecule has 2 fully saturated rings. The molecule has 1 unspecified atom stereocenters. The SMILES string of the molecule is O=C(N1CCCC(c2nnc(-c3ccc4c(c3)OCO4)o2)C1)C1(c2ccccc2)CCOCC1. The van der Waals surface area contributed by atoms with Crippen LogP contribution in [0.2, 0.25) is 0 Å². The molecule has 3 aliphatic heterocycles. The number of ether oxygens (including phenoxy) is 3. The van der Waals surface area contributed by atoms with Gasteiger partial charge in [-0.15, -0.1) is 10.2 Å². The van der Waals surface area contributed by atoms with Gasteiger partial charge in [-0.25, -0.2) is 0 Å². The van der Waals surface area contributed by atoms with Gasteiger partial charge in [0.2, 0.25) is 24.5 Å². The maximum atomic E-state index is 14.0. The van der Waals surface area contributed by atoms with Crippen molar-refractivity contribution in [1.29, 1.82) is 0 Å². The van der Waals surface area contributed by atoms with Crippen LogP contribution in [-0.4, -0.2) is 54.1 Å². The molecular weight excluding hydrogens is 434 g/mol. The normalized spacial score (nSPS) is 21.4. The molecule has 0 spiro atoms. The maximum Gasteiger partial charge on any atom is 0.247 e. The van der Waals surface area contributed by atoms with E-state index in [-0.39, 0.29) is 18.6 Å². The van der Waals surface area contributed by atoms with Crippen LogP contribution in [0.15, 0.2) is 52.9 Å². The lowest BCUT2D eigenvalue weighted by Gasteiger charge is -2.42. The van der Waals surface area contributed by atoms with Gasteiger partial charge in [0.05, 0.1) is 11.3 Å². The van der Waals surface area contributed by atoms with Crippen LogP contribution >= 0.6 is 0 Å². The highest BCUT2D eigenvalue weighted by molar-refractivity contribution is 5.88. The van der Waals surface area contributed by atoms with Crippen LogP contribution in [0.4, 0.5) is 0 Å². The Morgan fingerprint density at radius 1 is 1.00 bits per heavy atom. The number of rotatable bonds is 4. The van der Waals surface area contributed by atoms with Crippen LogP contribution in [0.3, 0.4) is 0 Å². The molecule has 3 aliphatic rings. The molecule has 4 heterocycles. The highest BCUT2D eigenvalue weighted by atomic mass is 16.7. The van der Waals surface area contributed by atoms with Crippen molar-refractivity contribution in [1.82, 2.24) is 15.1 Å². The molecule has 1 atom stereocenters. The molecule has 8 heteroatoms. The summed E-state index contributed by atoms with van der Waals surface area (Å²) in [4.78, 5) is 16.0. The molecule has 8 nitrogen and oxygen atoms in total. The lowest BCUT2D eigenvalue weighted by Crippen LogP contribution is -2.52. The van der Waals surface area contributed by atoms with Crippen molar-refractivity contribution < 1.29 is 23.4 Å². The van der Waals surface area contributed by atoms with Gasteiger partial charge in [0, 0.05) is 31.9 Å². The molecule has 176 valence electrons. The average Bonchev–Trinajstić information content (AvgIpc) is 3.59. The third-order valence-electron chi connectivity index (χ3n) is 7.20. The Kier molecular flexibility index (Phi) is 5.45. The Hall–Kier alpha value is -3.39. The molecule has 2 saturated heterocycles. The number of nitrogens with zero attached hydrogens (tertiary/aromatic N) is 3. The van der Waals surface area contributed by atoms with Gasteiger partial charge in [-0.2, -0.15) is 0 Å². The van der Waals surface area contributed by atoms with Gasteiger partial charge in [-0.3, -0.25) is 4.79 Å². The standard InChI is InChI=1S/C26H27N3O5/c30-25(26(10-13-31-14-11-26)20-6-2-1-3-7-20)29-12-4-5-19(16-29)24-28-27-23(34-24)18-8-9-21-22(15-18)33-17-32-21/h1-3,6-9,15,19H,4-5,10-14,16-17H2. The summed E-state index contributed by atoms with van der Waals surface area (Å²) in [5, 5.41) is 8.62. The van der Waals surface area contributed by atoms with Crippen LogP contribution < -0.4 is 9.47 Å². The van der Waals surface area contributed by atoms with E-state index >= 15 is 0 Å². The van der Waals surface area contributed by atoms with E-state index in [1.807, 2.05) is 41.3 Å². The minimum atomic E-state index is -0.534. The number of hydrogen-bond acceptors (Lipinski definition) is 7. The van der Waals surface area contributed by atoms with Crippen molar-refractivity contribution in [2.24, 2.45) is 0 Å². The van der Waals surface area contributed by atoms with E-state index < -0.39 is 5.41 Å². The van der Waals surface area contributed by atoms with Crippen LogP contribution in [-0.2, 0) is 14.9 Å². The Morgan fingerprint density at radius 3 is 2.68 bits per heavy atom. The first-order chi connectivity index (χ1) is 16.7. The van der Waals surface area contributed by atoms with E-state index in [2.05, 4.69) is 22.3 Å². The molecule has 3 aromatic rings. The summed E-state index contributed by atoms with van der Waals surface area (Å²) >= 11 is 0. The molecule has 1 aromatic heterocycles. The largest absolute Gasteiger partial charge is 0.454 e. The minimum absolute atomic E-state index is 0.0145. The quantitative estimate of drug-likeness (QED) is 0.582. The molecule has 2 aromatic carbocycles. The van der Waals surface area contributed by atoms with Gasteiger partial charge in [0.25, 0.3) is 0 Å². The van der Waals surface area contributed by atoms with Crippen molar-refractivity contribution in [3.8, 4) is 23.0 Å². The first-order valence-electron chi connectivity index (χ1n) is 11.9. The van der Waals surface area contributed by atoms with Crippen molar-refractivity contribution in [3.05, 3.63) is 60.0 Å². The summed E-state index contributed by atoms with van der Waals surface area (Å²) in [7, 11) is 0. The second-order valence-corrected chi connectivity index (χ2v) is 9.16. The van der Waals surface area contributed by atoms with Crippen LogP contribution in [0.5, 0.6) is 11.5 Å². The van der Waals surface area contributed by atoms with E-state index in [0.717, 1.165) is 30.5 Å². The number of carbonyl (C=O) groups excluding carboxylic acids is 1. The van der Waals surface area contributed by atoms with E-state index in [4.69, 9.17) is 18.6 Å². The number of amides is 1. The minimum Gasteiger partial charge on any atom is -0.454 e. The smallest absolute Gasteiger partial charge is 0.247 e. The molecule has 0 saturated carbocycles. The lowest BCUT2D eigenvalue weighted by atomic mass is 9.72. The summed E-state index contributed by atoms with van der Waals surface area (Å²) in [6.45, 7) is 2.74. The first kappa shape index (κ1) is 21.2. The van der Waals surface area contributed by atoms with E-state index in [0.29, 0.717) is 55.9 Å². The molecule has 34 heavy (non-hydrogen) atoms. The molecular formula is C26H27N3O5. The average molecular weight is 462 g/mol. The zero-order chi connectivity index (χ0) is 23.0. The third-order valence-corrected chi connectivity index (χ3v) is 7.20. The Morgan fingerprint density at radius 2 is 1.82 bits per heavy atom. The number of benzene rings is 2. The molecule has 1 amide bonds. The Labute approximate surface area is 197 Å². The Bertz CT molecular complexity index is 1170. The number of carbonyl (C=O) groups is 1. The molecule has 0 bridgehead atoms. The van der Waals surface area contributed by atoms with Crippen LogP contribution in [0, 0.1) is 0 Å². The number of hydrogen-bond donors (Lipinski definition) is 0. The number of likely N-dealkylation sites (tertiary alicyclic amines) is 1. The molecule has 6 rings (SSSR count). The van der Waals surface area contributed by atoms with E-state index in [1.54, 1.807) is 0 Å². The zero-order valence-corrected chi connectivity index (χ0v) is 18.9. The van der Waals surface area contributed by atoms with Gasteiger partial charge in [-0.05, 0) is 49.4 Å². The van der Waals surface area contributed by atoms with Gasteiger partial charge < -0.3 is 23.5 Å². The topological polar surface area (TPSA) is 86.9 Å². The zero-order valence-electron chi connectivity index (χ0n) is 18.9. The highest BCUT2D eigenvalue weighted by Gasteiger charge is 2.45. The summed E-state index contributed by atoms with van der Waals surface area (Å²) < 4.78 is 22.5. The fourth-order valence-electron chi connectivity index (χ4n) is 5.31. The predicted octanol–water partition coefficient (Wildman–Crippen LogP) is 3.92. The summed E-state index contributed by atoms with van der Waals surface area (Å²) in [5.41, 5.74) is 1.33. The maximum absolute atomic E-state index is 14.0. The number of fused-ring (bicyclic) bond motifs is 1. The van der Waals surface area contributed by atoms with Gasteiger partial charge in [0.1, 0.15) is 0 Å². The van der Waals surface area contributed by atoms with Crippen molar-refractivity contribution in [3.63, 3.8) is 0 Å². The van der Waals surface area contributed by atoms with Gasteiger partial charge >= 0.3 is 0 Å². The van der Waals surface area contributed by atoms with E-state index in [1.165, 1.54) is 0 Å². The molecule has 0 radical (unpaired) electrons. The third kappa shape index (κ3) is 3.72. The molecule has 0 aliphatic carbocycles. The second kappa shape index (κ2) is 8.76. The summed E-state index contributed by atoms with van der Waals surface area (Å²) in [6.07, 6.45) is 3.21. The van der Waals surface area contributed by atoms with E-state index in [9.17, 15) is 4.79 Å². The summed E-state index contributed by atoms with van der Waals surface area (Å²) in [6, 6.07) is 15.7. The second-order valence-electron chi connectivity index (χ2n) is 9.16. The van der Waals surface area contributed by atoms with Crippen molar-refractivity contribution in [2.45, 2.75) is 37.0 Å². The van der Waals surface area contributed by atoms with Crippen molar-refractivity contribution >= 4 is 5.91 Å². The number of piperidine rings is 1. The van der Waals surface area contributed by atoms with Crippen LogP contribution in [0.1, 0.15) is 43.1 Å². The molecule has 0 N–H and O–H groups in total. The van der Waals surface area contributed by atoms with Crippen molar-refractivity contribution in [2.75, 3.05) is 33.1 Å². The van der Waals surface area contributed by atoms with Gasteiger partial charge in [-0.1, -0.05) is 30.3 Å². The fourth-order valence-corrected chi connectivity index (χ4v) is 5.31. The summed E-state index contributed by atoms with van der Waals surface area (Å²) in [5.74, 6) is 2.61. The Balaban J connectivity index is 1.22. The fraction of sp³-hybridized carbons (Fsp3) is 0.423. The van der Waals surface area contributed by atoms with Crippen LogP contribution in [0.25, 0.3) is 11.5 Å². The monoisotopic (exact) mass is 461 g/mol. The highest BCUT2D eigenvalue weighted by Crippen LogP contribution is 2.39. The van der Waals surface area contributed by atoms with Gasteiger partial charge in [0.15, 0.2) is 11.5 Å².